The molecule has 0 bridgehead atoms. The molecular weight excluding hydrogens is 214 g/mol. The van der Waals surface area contributed by atoms with Gasteiger partial charge in [-0.3, -0.25) is 0 Å². The first-order chi connectivity index (χ1) is 8.29. The number of aryl methyl sites for hydroxylation is 1. The van der Waals surface area contributed by atoms with Gasteiger partial charge in [0.05, 0.1) is 24.2 Å². The van der Waals surface area contributed by atoms with Crippen molar-refractivity contribution in [3.8, 4) is 5.75 Å². The predicted molar refractivity (Wildman–Crippen MR) is 67.2 cm³/mol. The van der Waals surface area contributed by atoms with Crippen molar-refractivity contribution in [1.29, 1.82) is 0 Å². The van der Waals surface area contributed by atoms with Crippen LogP contribution in [0.4, 0.5) is 0 Å². The van der Waals surface area contributed by atoms with Gasteiger partial charge < -0.3 is 14.6 Å². The zero-order valence-electron chi connectivity index (χ0n) is 10.2. The van der Waals surface area contributed by atoms with Gasteiger partial charge in [0, 0.05) is 13.1 Å². The van der Waals surface area contributed by atoms with E-state index in [-0.39, 0.29) is 0 Å². The molecule has 0 radical (unpaired) electrons. The number of hydrogen-bond acceptors (Lipinski definition) is 3. The van der Waals surface area contributed by atoms with E-state index in [0.29, 0.717) is 6.04 Å². The van der Waals surface area contributed by atoms with E-state index in [2.05, 4.69) is 23.0 Å². The van der Waals surface area contributed by atoms with Gasteiger partial charge in [0.2, 0.25) is 0 Å². The number of hydrogen-bond donors (Lipinski definition) is 1. The monoisotopic (exact) mass is 231 g/mol. The van der Waals surface area contributed by atoms with Crippen LogP contribution in [0.25, 0.3) is 11.0 Å². The van der Waals surface area contributed by atoms with Crippen molar-refractivity contribution in [2.24, 2.45) is 7.05 Å². The number of fused-ring (bicyclic) bond motifs is 1. The van der Waals surface area contributed by atoms with Gasteiger partial charge in [-0.2, -0.15) is 0 Å². The van der Waals surface area contributed by atoms with Gasteiger partial charge in [0.1, 0.15) is 11.6 Å². The Bertz CT molecular complexity index is 541. The van der Waals surface area contributed by atoms with Crippen LogP contribution in [0.3, 0.4) is 0 Å². The van der Waals surface area contributed by atoms with Crippen LogP contribution in [0.5, 0.6) is 5.75 Å². The van der Waals surface area contributed by atoms with Gasteiger partial charge in [-0.05, 0) is 31.5 Å². The Morgan fingerprint density at radius 1 is 1.47 bits per heavy atom. The fraction of sp³-hybridized carbons (Fsp3) is 0.462. The highest BCUT2D eigenvalue weighted by atomic mass is 16.5. The lowest BCUT2D eigenvalue weighted by molar-refractivity contribution is 0.415. The number of nitrogens with zero attached hydrogens (tertiary/aromatic N) is 2. The average molecular weight is 231 g/mol. The molecule has 1 N–H and O–H groups in total. The van der Waals surface area contributed by atoms with E-state index in [9.17, 15) is 0 Å². The normalized spacial score (nSPS) is 20.0. The third-order valence-corrected chi connectivity index (χ3v) is 3.49. The summed E-state index contributed by atoms with van der Waals surface area (Å²) in [6.45, 7) is 1.09. The molecule has 1 unspecified atom stereocenters. The molecular formula is C13H17N3O. The summed E-state index contributed by atoms with van der Waals surface area (Å²) in [6, 6.07) is 6.45. The Morgan fingerprint density at radius 2 is 2.35 bits per heavy atom. The third kappa shape index (κ3) is 1.69. The summed E-state index contributed by atoms with van der Waals surface area (Å²) in [5.41, 5.74) is 2.17. The molecule has 1 aromatic carbocycles. The second kappa shape index (κ2) is 4.04. The minimum atomic E-state index is 0.401. The molecule has 1 fully saturated rings. The molecule has 1 atom stereocenters. The molecule has 2 heterocycles. The lowest BCUT2D eigenvalue weighted by atomic mass is 10.2. The zero-order chi connectivity index (χ0) is 11.8. The smallest absolute Gasteiger partial charge is 0.126 e. The highest BCUT2D eigenvalue weighted by molar-refractivity contribution is 5.77. The van der Waals surface area contributed by atoms with E-state index < -0.39 is 0 Å². The van der Waals surface area contributed by atoms with Crippen molar-refractivity contribution in [2.75, 3.05) is 13.7 Å². The minimum absolute atomic E-state index is 0.401. The third-order valence-electron chi connectivity index (χ3n) is 3.49. The van der Waals surface area contributed by atoms with Crippen molar-refractivity contribution >= 4 is 11.0 Å². The molecule has 0 amide bonds. The summed E-state index contributed by atoms with van der Waals surface area (Å²) < 4.78 is 7.41. The first kappa shape index (κ1) is 10.6. The number of aromatic nitrogens is 2. The number of methoxy groups -OCH3 is 1. The second-order valence-corrected chi connectivity index (χ2v) is 4.53. The van der Waals surface area contributed by atoms with Crippen LogP contribution in [-0.2, 0) is 7.05 Å². The minimum Gasteiger partial charge on any atom is -0.497 e. The summed E-state index contributed by atoms with van der Waals surface area (Å²) in [6.07, 6.45) is 2.41. The number of ether oxygens (including phenoxy) is 1. The molecule has 0 spiro atoms. The Morgan fingerprint density at radius 3 is 3.06 bits per heavy atom. The number of imidazole rings is 1. The summed E-state index contributed by atoms with van der Waals surface area (Å²) in [5, 5.41) is 3.49. The molecule has 0 saturated carbocycles. The molecule has 1 aliphatic rings. The Kier molecular flexibility index (Phi) is 2.52. The van der Waals surface area contributed by atoms with E-state index in [1.54, 1.807) is 7.11 Å². The first-order valence-electron chi connectivity index (χ1n) is 6.03. The molecule has 90 valence electrons. The number of nitrogens with one attached hydrogen (secondary N) is 1. The van der Waals surface area contributed by atoms with Crippen LogP contribution in [0.1, 0.15) is 24.7 Å². The van der Waals surface area contributed by atoms with Crippen LogP contribution >= 0.6 is 0 Å². The molecule has 1 aliphatic heterocycles. The first-order valence-corrected chi connectivity index (χ1v) is 6.03. The molecule has 3 rings (SSSR count). The lowest BCUT2D eigenvalue weighted by Crippen LogP contribution is -2.16. The maximum Gasteiger partial charge on any atom is 0.126 e. The topological polar surface area (TPSA) is 39.1 Å². The Balaban J connectivity index is 2.10. The van der Waals surface area contributed by atoms with Crippen LogP contribution in [0.15, 0.2) is 18.2 Å². The molecule has 2 aromatic rings. The van der Waals surface area contributed by atoms with Gasteiger partial charge in [-0.15, -0.1) is 0 Å². The number of benzene rings is 1. The number of rotatable bonds is 2. The van der Waals surface area contributed by atoms with Crippen LogP contribution in [0, 0.1) is 0 Å². The maximum atomic E-state index is 5.23. The summed E-state index contributed by atoms with van der Waals surface area (Å²) >= 11 is 0. The summed E-state index contributed by atoms with van der Waals surface area (Å²) in [4.78, 5) is 4.72. The zero-order valence-corrected chi connectivity index (χ0v) is 10.2. The fourth-order valence-corrected chi connectivity index (χ4v) is 2.54. The summed E-state index contributed by atoms with van der Waals surface area (Å²) in [5.74, 6) is 1.99. The molecule has 17 heavy (non-hydrogen) atoms. The van der Waals surface area contributed by atoms with Crippen molar-refractivity contribution in [3.05, 3.63) is 24.0 Å². The fourth-order valence-electron chi connectivity index (χ4n) is 2.54. The highest BCUT2D eigenvalue weighted by Crippen LogP contribution is 2.27. The van der Waals surface area contributed by atoms with Gasteiger partial charge in [0.25, 0.3) is 0 Å². The largest absolute Gasteiger partial charge is 0.497 e. The molecule has 4 heteroatoms. The average Bonchev–Trinajstić information content (AvgIpc) is 2.97. The van der Waals surface area contributed by atoms with Crippen LogP contribution < -0.4 is 10.1 Å². The maximum absolute atomic E-state index is 5.23. The SMILES string of the molecule is COc1ccc2c(c1)nc(C1CCCN1)n2C. The van der Waals surface area contributed by atoms with E-state index in [4.69, 9.17) is 9.72 Å². The van der Waals surface area contributed by atoms with E-state index >= 15 is 0 Å². The quantitative estimate of drug-likeness (QED) is 0.859. The van der Waals surface area contributed by atoms with Gasteiger partial charge >= 0.3 is 0 Å². The van der Waals surface area contributed by atoms with Crippen molar-refractivity contribution in [1.82, 2.24) is 14.9 Å². The van der Waals surface area contributed by atoms with Crippen molar-refractivity contribution in [2.45, 2.75) is 18.9 Å². The summed E-state index contributed by atoms with van der Waals surface area (Å²) in [7, 11) is 3.76. The highest BCUT2D eigenvalue weighted by Gasteiger charge is 2.21. The standard InChI is InChI=1S/C13H17N3O/c1-16-12-6-5-9(17-2)8-11(12)15-13(16)10-4-3-7-14-10/h5-6,8,10,14H,3-4,7H2,1-2H3. The van der Waals surface area contributed by atoms with Gasteiger partial charge in [-0.1, -0.05) is 0 Å². The second-order valence-electron chi connectivity index (χ2n) is 4.53. The van der Waals surface area contributed by atoms with E-state index in [1.165, 1.54) is 12.8 Å². The Hall–Kier alpha value is -1.55. The predicted octanol–water partition coefficient (Wildman–Crippen LogP) is 2.01. The molecule has 1 saturated heterocycles. The van der Waals surface area contributed by atoms with Crippen molar-refractivity contribution in [3.63, 3.8) is 0 Å². The van der Waals surface area contributed by atoms with E-state index in [1.807, 2.05) is 12.1 Å². The van der Waals surface area contributed by atoms with Gasteiger partial charge in [0.15, 0.2) is 0 Å². The van der Waals surface area contributed by atoms with Crippen molar-refractivity contribution < 1.29 is 4.74 Å². The Labute approximate surface area is 101 Å². The van der Waals surface area contributed by atoms with E-state index in [0.717, 1.165) is 29.2 Å². The molecule has 1 aromatic heterocycles. The van der Waals surface area contributed by atoms with Gasteiger partial charge in [-0.25, -0.2) is 4.98 Å². The lowest BCUT2D eigenvalue weighted by Gasteiger charge is -2.09. The molecule has 0 aliphatic carbocycles. The van der Waals surface area contributed by atoms with Crippen LogP contribution in [-0.4, -0.2) is 23.2 Å². The molecule has 4 nitrogen and oxygen atoms in total. The van der Waals surface area contributed by atoms with Crippen LogP contribution in [0.2, 0.25) is 0 Å².